The maximum atomic E-state index is 12.5. The zero-order valence-electron chi connectivity index (χ0n) is 14.2. The van der Waals surface area contributed by atoms with Gasteiger partial charge < -0.3 is 9.47 Å². The van der Waals surface area contributed by atoms with Crippen molar-refractivity contribution >= 4 is 19.1 Å². The van der Waals surface area contributed by atoms with E-state index >= 15 is 0 Å². The number of hydrogen-bond donors (Lipinski definition) is 0. The molecule has 0 aliphatic rings. The standard InChI is InChI=1S/C21H17BO3/c1-14-3-12-20(19(22)13-14)25-18-10-6-16(7-11-18)21(23)15-4-8-17(24-2)9-5-15/h3-13H,1-2H3. The minimum absolute atomic E-state index is 0.0518. The second-order valence-corrected chi connectivity index (χ2v) is 5.73. The lowest BCUT2D eigenvalue weighted by molar-refractivity contribution is 0.103. The molecule has 3 rings (SSSR count). The van der Waals surface area contributed by atoms with Crippen molar-refractivity contribution in [3.63, 3.8) is 0 Å². The summed E-state index contributed by atoms with van der Waals surface area (Å²) in [5.41, 5.74) is 2.86. The van der Waals surface area contributed by atoms with E-state index in [4.69, 9.17) is 17.3 Å². The lowest BCUT2D eigenvalue weighted by atomic mass is 9.93. The highest BCUT2D eigenvalue weighted by molar-refractivity contribution is 6.34. The molecule has 3 aromatic rings. The fourth-order valence-corrected chi connectivity index (χ4v) is 2.47. The molecule has 0 fully saturated rings. The molecule has 122 valence electrons. The molecule has 0 unspecified atom stereocenters. The molecule has 25 heavy (non-hydrogen) atoms. The van der Waals surface area contributed by atoms with Gasteiger partial charge in [0.1, 0.15) is 25.1 Å². The van der Waals surface area contributed by atoms with E-state index in [1.165, 1.54) is 0 Å². The number of carbonyl (C=O) groups excluding carboxylic acids is 1. The Labute approximate surface area is 148 Å². The van der Waals surface area contributed by atoms with E-state index in [2.05, 4.69) is 0 Å². The molecule has 0 saturated carbocycles. The highest BCUT2D eigenvalue weighted by Crippen LogP contribution is 2.22. The molecule has 0 atom stereocenters. The van der Waals surface area contributed by atoms with Gasteiger partial charge in [0, 0.05) is 11.1 Å². The summed E-state index contributed by atoms with van der Waals surface area (Å²) in [5, 5.41) is 0. The fraction of sp³-hybridized carbons (Fsp3) is 0.0952. The molecule has 0 saturated heterocycles. The van der Waals surface area contributed by atoms with Crippen molar-refractivity contribution in [2.24, 2.45) is 0 Å². The number of carbonyl (C=O) groups is 1. The number of methoxy groups -OCH3 is 1. The van der Waals surface area contributed by atoms with Crippen LogP contribution in [0.15, 0.2) is 66.7 Å². The van der Waals surface area contributed by atoms with Gasteiger partial charge in [0.15, 0.2) is 5.78 Å². The average Bonchev–Trinajstić information content (AvgIpc) is 2.64. The largest absolute Gasteiger partial charge is 0.497 e. The van der Waals surface area contributed by atoms with Crippen LogP contribution in [0.4, 0.5) is 0 Å². The van der Waals surface area contributed by atoms with E-state index in [0.29, 0.717) is 28.1 Å². The molecular formula is C21H17BO3. The summed E-state index contributed by atoms with van der Waals surface area (Å²) < 4.78 is 10.9. The Morgan fingerprint density at radius 2 is 1.40 bits per heavy atom. The van der Waals surface area contributed by atoms with E-state index in [1.807, 2.05) is 25.1 Å². The van der Waals surface area contributed by atoms with Crippen LogP contribution in [0.1, 0.15) is 21.5 Å². The molecule has 0 spiro atoms. The maximum Gasteiger partial charge on any atom is 0.193 e. The third-order valence-electron chi connectivity index (χ3n) is 3.86. The number of rotatable bonds is 5. The molecule has 0 N–H and O–H groups in total. The first-order chi connectivity index (χ1) is 12.1. The number of aryl methyl sites for hydroxylation is 1. The van der Waals surface area contributed by atoms with Crippen molar-refractivity contribution in [1.29, 1.82) is 0 Å². The van der Waals surface area contributed by atoms with Gasteiger partial charge in [-0.25, -0.2) is 0 Å². The first kappa shape index (κ1) is 16.8. The molecular weight excluding hydrogens is 311 g/mol. The van der Waals surface area contributed by atoms with Gasteiger partial charge in [-0.05, 0) is 61.5 Å². The van der Waals surface area contributed by atoms with Crippen molar-refractivity contribution in [3.05, 3.63) is 83.4 Å². The zero-order chi connectivity index (χ0) is 17.8. The highest BCUT2D eigenvalue weighted by Gasteiger charge is 2.10. The third kappa shape index (κ3) is 3.91. The third-order valence-corrected chi connectivity index (χ3v) is 3.86. The van der Waals surface area contributed by atoms with Gasteiger partial charge in [0.05, 0.1) is 7.11 Å². The molecule has 3 aromatic carbocycles. The van der Waals surface area contributed by atoms with E-state index in [1.54, 1.807) is 55.6 Å². The molecule has 2 radical (unpaired) electrons. The van der Waals surface area contributed by atoms with Crippen molar-refractivity contribution in [2.45, 2.75) is 6.92 Å². The topological polar surface area (TPSA) is 35.5 Å². The molecule has 0 heterocycles. The number of ether oxygens (including phenoxy) is 2. The smallest absolute Gasteiger partial charge is 0.193 e. The molecule has 4 heteroatoms. The van der Waals surface area contributed by atoms with E-state index in [0.717, 1.165) is 11.3 Å². The molecule has 0 amide bonds. The minimum atomic E-state index is -0.0518. The summed E-state index contributed by atoms with van der Waals surface area (Å²) in [5.74, 6) is 1.89. The SMILES string of the molecule is [B]c1cc(C)ccc1Oc1ccc(C(=O)c2ccc(OC)cc2)cc1. The first-order valence-corrected chi connectivity index (χ1v) is 7.89. The number of benzene rings is 3. The minimum Gasteiger partial charge on any atom is -0.497 e. The van der Waals surface area contributed by atoms with E-state index < -0.39 is 0 Å². The molecule has 0 aliphatic carbocycles. The van der Waals surface area contributed by atoms with Crippen molar-refractivity contribution in [1.82, 2.24) is 0 Å². The van der Waals surface area contributed by atoms with E-state index in [9.17, 15) is 4.79 Å². The second-order valence-electron chi connectivity index (χ2n) is 5.73. The molecule has 0 aliphatic heterocycles. The van der Waals surface area contributed by atoms with Crippen LogP contribution in [0.3, 0.4) is 0 Å². The van der Waals surface area contributed by atoms with Crippen LogP contribution in [0.25, 0.3) is 0 Å². The summed E-state index contributed by atoms with van der Waals surface area (Å²) in [6, 6.07) is 19.7. The summed E-state index contributed by atoms with van der Waals surface area (Å²) >= 11 is 0. The molecule has 3 nitrogen and oxygen atoms in total. The summed E-state index contributed by atoms with van der Waals surface area (Å²) in [7, 11) is 7.55. The summed E-state index contributed by atoms with van der Waals surface area (Å²) in [6.07, 6.45) is 0. The predicted octanol–water partition coefficient (Wildman–Crippen LogP) is 3.82. The van der Waals surface area contributed by atoms with Gasteiger partial charge in [-0.1, -0.05) is 23.2 Å². The Kier molecular flexibility index (Phi) is 4.89. The molecule has 0 bridgehead atoms. The normalized spacial score (nSPS) is 10.3. The van der Waals surface area contributed by atoms with Crippen LogP contribution in [0.5, 0.6) is 17.2 Å². The zero-order valence-corrected chi connectivity index (χ0v) is 14.2. The summed E-state index contributed by atoms with van der Waals surface area (Å²) in [4.78, 5) is 12.5. The van der Waals surface area contributed by atoms with Crippen LogP contribution < -0.4 is 14.9 Å². The first-order valence-electron chi connectivity index (χ1n) is 7.89. The van der Waals surface area contributed by atoms with Crippen LogP contribution in [-0.4, -0.2) is 20.7 Å². The number of hydrogen-bond acceptors (Lipinski definition) is 3. The Hall–Kier alpha value is -3.01. The quantitative estimate of drug-likeness (QED) is 0.528. The second kappa shape index (κ2) is 7.26. The van der Waals surface area contributed by atoms with Crippen molar-refractivity contribution < 1.29 is 14.3 Å². The highest BCUT2D eigenvalue weighted by atomic mass is 16.5. The van der Waals surface area contributed by atoms with Crippen molar-refractivity contribution in [2.75, 3.05) is 7.11 Å². The van der Waals surface area contributed by atoms with Crippen LogP contribution in [0, 0.1) is 6.92 Å². The lowest BCUT2D eigenvalue weighted by Crippen LogP contribution is -2.07. The Balaban J connectivity index is 1.75. The van der Waals surface area contributed by atoms with Gasteiger partial charge in [0.25, 0.3) is 0 Å². The van der Waals surface area contributed by atoms with Crippen LogP contribution >= 0.6 is 0 Å². The predicted molar refractivity (Wildman–Crippen MR) is 99.5 cm³/mol. The van der Waals surface area contributed by atoms with Crippen LogP contribution in [-0.2, 0) is 0 Å². The lowest BCUT2D eigenvalue weighted by Gasteiger charge is -2.10. The monoisotopic (exact) mass is 328 g/mol. The van der Waals surface area contributed by atoms with Gasteiger partial charge in [-0.3, -0.25) is 4.79 Å². The molecule has 0 aromatic heterocycles. The van der Waals surface area contributed by atoms with Gasteiger partial charge in [-0.2, -0.15) is 0 Å². The maximum absolute atomic E-state index is 12.5. The van der Waals surface area contributed by atoms with Gasteiger partial charge >= 0.3 is 0 Å². The van der Waals surface area contributed by atoms with Crippen LogP contribution in [0.2, 0.25) is 0 Å². The Morgan fingerprint density at radius 3 is 1.92 bits per heavy atom. The van der Waals surface area contributed by atoms with Gasteiger partial charge in [0.2, 0.25) is 0 Å². The number of ketones is 1. The summed E-state index contributed by atoms with van der Waals surface area (Å²) in [6.45, 7) is 1.97. The van der Waals surface area contributed by atoms with Crippen molar-refractivity contribution in [3.8, 4) is 17.2 Å². The fourth-order valence-electron chi connectivity index (χ4n) is 2.47. The van der Waals surface area contributed by atoms with Gasteiger partial charge in [-0.15, -0.1) is 0 Å². The average molecular weight is 328 g/mol. The Bertz CT molecular complexity index is 884. The van der Waals surface area contributed by atoms with E-state index in [-0.39, 0.29) is 5.78 Å². The Morgan fingerprint density at radius 1 is 0.840 bits per heavy atom.